The van der Waals surface area contributed by atoms with E-state index in [-0.39, 0.29) is 17.2 Å². The number of aromatic nitrogens is 2. The molecule has 2 rings (SSSR count). The van der Waals surface area contributed by atoms with Crippen molar-refractivity contribution < 1.29 is 19.0 Å². The summed E-state index contributed by atoms with van der Waals surface area (Å²) in [7, 11) is 0. The van der Waals surface area contributed by atoms with Crippen molar-refractivity contribution in [2.75, 3.05) is 0 Å². The van der Waals surface area contributed by atoms with Crippen LogP contribution >= 0.6 is 0 Å². The third kappa shape index (κ3) is 2.54. The molecule has 0 aliphatic rings. The molecule has 86 valence electrons. The van der Waals surface area contributed by atoms with E-state index in [2.05, 4.69) is 9.97 Å². The quantitative estimate of drug-likeness (QED) is 0.880. The lowest BCUT2D eigenvalue weighted by Crippen LogP contribution is -2.01. The van der Waals surface area contributed by atoms with Crippen molar-refractivity contribution in [2.24, 2.45) is 0 Å². The molecular weight excluding hydrogens is 227 g/mol. The highest BCUT2D eigenvalue weighted by atomic mass is 19.1. The van der Waals surface area contributed by atoms with Crippen LogP contribution in [0.3, 0.4) is 0 Å². The third-order valence-corrected chi connectivity index (χ3v) is 1.93. The first-order chi connectivity index (χ1) is 8.16. The van der Waals surface area contributed by atoms with E-state index in [1.807, 2.05) is 0 Å². The summed E-state index contributed by atoms with van der Waals surface area (Å²) in [6.07, 6.45) is 4.18. The molecule has 0 atom stereocenters. The largest absolute Gasteiger partial charge is 0.478 e. The standard InChI is InChI=1S/C11H7FN2O3/c12-7-1-2-9(8(5-7)11(15)16)17-10-6-13-3-4-14-10/h1-6H,(H,15,16). The van der Waals surface area contributed by atoms with Gasteiger partial charge in [0.1, 0.15) is 17.1 Å². The van der Waals surface area contributed by atoms with E-state index in [0.29, 0.717) is 0 Å². The van der Waals surface area contributed by atoms with Crippen LogP contribution < -0.4 is 4.74 Å². The zero-order valence-corrected chi connectivity index (χ0v) is 8.50. The van der Waals surface area contributed by atoms with Crippen molar-refractivity contribution >= 4 is 5.97 Å². The summed E-state index contributed by atoms with van der Waals surface area (Å²) in [6.45, 7) is 0. The zero-order chi connectivity index (χ0) is 12.3. The first-order valence-corrected chi connectivity index (χ1v) is 4.63. The predicted molar refractivity (Wildman–Crippen MR) is 55.5 cm³/mol. The molecule has 0 radical (unpaired) electrons. The van der Waals surface area contributed by atoms with Crippen molar-refractivity contribution in [3.05, 3.63) is 48.2 Å². The highest BCUT2D eigenvalue weighted by Crippen LogP contribution is 2.24. The Hall–Kier alpha value is -2.50. The molecule has 5 nitrogen and oxygen atoms in total. The number of halogens is 1. The topological polar surface area (TPSA) is 72.3 Å². The summed E-state index contributed by atoms with van der Waals surface area (Å²) in [5.41, 5.74) is -0.268. The highest BCUT2D eigenvalue weighted by molar-refractivity contribution is 5.90. The molecule has 1 N–H and O–H groups in total. The lowest BCUT2D eigenvalue weighted by atomic mass is 10.2. The Kier molecular flexibility index (Phi) is 2.95. The first-order valence-electron chi connectivity index (χ1n) is 4.63. The summed E-state index contributed by atoms with van der Waals surface area (Å²) >= 11 is 0. The molecule has 17 heavy (non-hydrogen) atoms. The van der Waals surface area contributed by atoms with E-state index in [0.717, 1.165) is 12.1 Å². The molecule has 0 unspecified atom stereocenters. The van der Waals surface area contributed by atoms with Crippen molar-refractivity contribution in [1.82, 2.24) is 9.97 Å². The second-order valence-electron chi connectivity index (χ2n) is 3.09. The summed E-state index contributed by atoms with van der Waals surface area (Å²) in [5.74, 6) is -1.77. The van der Waals surface area contributed by atoms with Gasteiger partial charge in [0, 0.05) is 12.4 Å². The van der Waals surface area contributed by atoms with E-state index in [1.54, 1.807) is 0 Å². The minimum absolute atomic E-state index is 0.0133. The van der Waals surface area contributed by atoms with Crippen LogP contribution in [-0.4, -0.2) is 21.0 Å². The fourth-order valence-electron chi connectivity index (χ4n) is 1.21. The molecule has 6 heteroatoms. The van der Waals surface area contributed by atoms with Gasteiger partial charge in [-0.3, -0.25) is 4.98 Å². The Morgan fingerprint density at radius 2 is 2.18 bits per heavy atom. The molecule has 0 saturated carbocycles. The SMILES string of the molecule is O=C(O)c1cc(F)ccc1Oc1cnccn1. The van der Waals surface area contributed by atoms with Crippen molar-refractivity contribution in [1.29, 1.82) is 0 Å². The molecule has 0 spiro atoms. The second kappa shape index (κ2) is 4.56. The molecule has 0 bridgehead atoms. The van der Waals surface area contributed by atoms with Gasteiger partial charge >= 0.3 is 5.97 Å². The molecule has 2 aromatic rings. The van der Waals surface area contributed by atoms with Gasteiger partial charge < -0.3 is 9.84 Å². The third-order valence-electron chi connectivity index (χ3n) is 1.93. The van der Waals surface area contributed by atoms with E-state index < -0.39 is 11.8 Å². The molecule has 1 heterocycles. The van der Waals surface area contributed by atoms with Crippen LogP contribution in [0.25, 0.3) is 0 Å². The molecule has 0 aliphatic carbocycles. The van der Waals surface area contributed by atoms with Gasteiger partial charge in [-0.1, -0.05) is 0 Å². The van der Waals surface area contributed by atoms with Crippen LogP contribution in [0.2, 0.25) is 0 Å². The second-order valence-corrected chi connectivity index (χ2v) is 3.09. The Morgan fingerprint density at radius 1 is 1.35 bits per heavy atom. The fourth-order valence-corrected chi connectivity index (χ4v) is 1.21. The van der Waals surface area contributed by atoms with Gasteiger partial charge in [-0.25, -0.2) is 14.2 Å². The minimum Gasteiger partial charge on any atom is -0.478 e. The molecule has 1 aromatic heterocycles. The summed E-state index contributed by atoms with van der Waals surface area (Å²) < 4.78 is 18.1. The summed E-state index contributed by atoms with van der Waals surface area (Å²) in [4.78, 5) is 18.5. The number of hydrogen-bond donors (Lipinski definition) is 1. The van der Waals surface area contributed by atoms with Crippen LogP contribution in [0.5, 0.6) is 11.6 Å². The van der Waals surface area contributed by atoms with Crippen LogP contribution in [0.15, 0.2) is 36.8 Å². The number of ether oxygens (including phenoxy) is 1. The van der Waals surface area contributed by atoms with Gasteiger partial charge in [-0.05, 0) is 18.2 Å². The Morgan fingerprint density at radius 3 is 2.82 bits per heavy atom. The minimum atomic E-state index is -1.27. The maximum atomic E-state index is 12.9. The van der Waals surface area contributed by atoms with Gasteiger partial charge in [0.15, 0.2) is 0 Å². The average Bonchev–Trinajstić information content (AvgIpc) is 2.32. The number of carboxylic acid groups (broad SMARTS) is 1. The van der Waals surface area contributed by atoms with Crippen LogP contribution in [-0.2, 0) is 0 Å². The highest BCUT2D eigenvalue weighted by Gasteiger charge is 2.13. The van der Waals surface area contributed by atoms with Crippen molar-refractivity contribution in [2.45, 2.75) is 0 Å². The maximum Gasteiger partial charge on any atom is 0.339 e. The van der Waals surface area contributed by atoms with Crippen LogP contribution in [0.4, 0.5) is 4.39 Å². The molecule has 0 amide bonds. The number of carboxylic acids is 1. The normalized spacial score (nSPS) is 9.94. The van der Waals surface area contributed by atoms with Crippen molar-refractivity contribution in [3.8, 4) is 11.6 Å². The van der Waals surface area contributed by atoms with Crippen LogP contribution in [0, 0.1) is 5.82 Å². The number of nitrogens with zero attached hydrogens (tertiary/aromatic N) is 2. The molecular formula is C11H7FN2O3. The Bertz CT molecular complexity index is 546. The number of benzene rings is 1. The molecule has 0 fully saturated rings. The molecule has 0 aliphatic heterocycles. The molecule has 1 aromatic carbocycles. The van der Waals surface area contributed by atoms with E-state index in [4.69, 9.17) is 9.84 Å². The van der Waals surface area contributed by atoms with E-state index in [1.165, 1.54) is 24.7 Å². The number of carbonyl (C=O) groups is 1. The lowest BCUT2D eigenvalue weighted by Gasteiger charge is -2.06. The van der Waals surface area contributed by atoms with Gasteiger partial charge in [0.2, 0.25) is 5.88 Å². The maximum absolute atomic E-state index is 12.9. The van der Waals surface area contributed by atoms with Gasteiger partial charge in [-0.15, -0.1) is 0 Å². The molecule has 0 saturated heterocycles. The average molecular weight is 234 g/mol. The first kappa shape index (κ1) is 11.0. The Balaban J connectivity index is 2.36. The number of hydrogen-bond acceptors (Lipinski definition) is 4. The smallest absolute Gasteiger partial charge is 0.339 e. The number of aromatic carboxylic acids is 1. The Labute approximate surface area is 95.5 Å². The monoisotopic (exact) mass is 234 g/mol. The van der Waals surface area contributed by atoms with E-state index >= 15 is 0 Å². The van der Waals surface area contributed by atoms with Gasteiger partial charge in [0.05, 0.1) is 6.20 Å². The van der Waals surface area contributed by atoms with Gasteiger partial charge in [0.25, 0.3) is 0 Å². The predicted octanol–water partition coefficient (Wildman–Crippen LogP) is 2.11. The van der Waals surface area contributed by atoms with Crippen molar-refractivity contribution in [3.63, 3.8) is 0 Å². The summed E-state index contributed by atoms with van der Waals surface area (Å²) in [5, 5.41) is 8.89. The van der Waals surface area contributed by atoms with E-state index in [9.17, 15) is 9.18 Å². The van der Waals surface area contributed by atoms with Gasteiger partial charge in [-0.2, -0.15) is 0 Å². The number of rotatable bonds is 3. The lowest BCUT2D eigenvalue weighted by molar-refractivity contribution is 0.0693. The summed E-state index contributed by atoms with van der Waals surface area (Å²) in [6, 6.07) is 3.22. The fraction of sp³-hybridized carbons (Fsp3) is 0. The zero-order valence-electron chi connectivity index (χ0n) is 8.50. The van der Waals surface area contributed by atoms with Crippen LogP contribution in [0.1, 0.15) is 10.4 Å².